The molecular formula is C21H36N4O3. The molecule has 2 aliphatic heterocycles. The number of guanidine groups is 1. The molecule has 2 aliphatic rings. The molecule has 1 aromatic rings. The van der Waals surface area contributed by atoms with Crippen molar-refractivity contribution in [2.24, 2.45) is 10.9 Å². The van der Waals surface area contributed by atoms with E-state index in [-0.39, 0.29) is 6.04 Å². The maximum Gasteiger partial charge on any atom is 0.193 e. The van der Waals surface area contributed by atoms with E-state index in [1.807, 2.05) is 14.0 Å². The van der Waals surface area contributed by atoms with Crippen molar-refractivity contribution in [1.29, 1.82) is 0 Å². The Morgan fingerprint density at radius 3 is 2.79 bits per heavy atom. The third kappa shape index (κ3) is 5.72. The van der Waals surface area contributed by atoms with E-state index in [2.05, 4.69) is 32.2 Å². The number of furan rings is 1. The van der Waals surface area contributed by atoms with E-state index in [9.17, 15) is 0 Å². The van der Waals surface area contributed by atoms with E-state index in [1.165, 1.54) is 12.8 Å². The molecule has 7 nitrogen and oxygen atoms in total. The Morgan fingerprint density at radius 2 is 2.11 bits per heavy atom. The molecule has 3 heterocycles. The first-order valence-corrected chi connectivity index (χ1v) is 10.5. The van der Waals surface area contributed by atoms with Gasteiger partial charge in [-0.15, -0.1) is 0 Å². The number of hydrogen-bond acceptors (Lipinski definition) is 5. The number of aryl methyl sites for hydroxylation is 1. The lowest BCUT2D eigenvalue weighted by Crippen LogP contribution is -2.44. The summed E-state index contributed by atoms with van der Waals surface area (Å²) in [6, 6.07) is 4.43. The van der Waals surface area contributed by atoms with Crippen LogP contribution in [0.15, 0.2) is 21.5 Å². The summed E-state index contributed by atoms with van der Waals surface area (Å²) in [5, 5.41) is 3.61. The Balaban J connectivity index is 1.52. The van der Waals surface area contributed by atoms with E-state index >= 15 is 0 Å². The van der Waals surface area contributed by atoms with Crippen LogP contribution in [0.4, 0.5) is 0 Å². The van der Waals surface area contributed by atoms with Gasteiger partial charge in [-0.3, -0.25) is 9.89 Å². The highest BCUT2D eigenvalue weighted by molar-refractivity contribution is 5.80. The predicted octanol–water partition coefficient (Wildman–Crippen LogP) is 2.29. The van der Waals surface area contributed by atoms with Gasteiger partial charge < -0.3 is 24.1 Å². The van der Waals surface area contributed by atoms with E-state index in [4.69, 9.17) is 13.9 Å². The SMILES string of the molecule is CN=C(NCC(c1ccc(C)o1)N1CCCC1)N1CCC(COCCOC)C1. The van der Waals surface area contributed by atoms with Crippen LogP contribution in [0.3, 0.4) is 0 Å². The molecule has 2 fully saturated rings. The number of rotatable bonds is 9. The fourth-order valence-corrected chi connectivity index (χ4v) is 4.17. The smallest absolute Gasteiger partial charge is 0.193 e. The van der Waals surface area contributed by atoms with Crippen molar-refractivity contribution in [2.75, 3.05) is 66.7 Å². The second kappa shape index (κ2) is 10.8. The first kappa shape index (κ1) is 21.1. The molecule has 3 rings (SSSR count). The summed E-state index contributed by atoms with van der Waals surface area (Å²) in [7, 11) is 3.57. The fraction of sp³-hybridized carbons (Fsp3) is 0.762. The van der Waals surface area contributed by atoms with Crippen LogP contribution in [0.5, 0.6) is 0 Å². The molecule has 7 heteroatoms. The van der Waals surface area contributed by atoms with Crippen LogP contribution < -0.4 is 5.32 Å². The average Bonchev–Trinajstić information content (AvgIpc) is 3.45. The minimum atomic E-state index is 0.253. The summed E-state index contributed by atoms with van der Waals surface area (Å²) in [5.74, 6) is 3.55. The Labute approximate surface area is 169 Å². The largest absolute Gasteiger partial charge is 0.465 e. The Kier molecular flexibility index (Phi) is 8.18. The van der Waals surface area contributed by atoms with Gasteiger partial charge in [0.25, 0.3) is 0 Å². The lowest BCUT2D eigenvalue weighted by Gasteiger charge is -2.29. The van der Waals surface area contributed by atoms with Crippen molar-refractivity contribution in [1.82, 2.24) is 15.1 Å². The molecule has 0 aromatic carbocycles. The van der Waals surface area contributed by atoms with Gasteiger partial charge in [-0.1, -0.05) is 0 Å². The lowest BCUT2D eigenvalue weighted by atomic mass is 10.1. The molecule has 2 unspecified atom stereocenters. The maximum atomic E-state index is 5.97. The highest BCUT2D eigenvalue weighted by Gasteiger charge is 2.28. The van der Waals surface area contributed by atoms with Gasteiger partial charge in [-0.05, 0) is 51.4 Å². The van der Waals surface area contributed by atoms with E-state index in [1.54, 1.807) is 7.11 Å². The van der Waals surface area contributed by atoms with Gasteiger partial charge in [0.15, 0.2) is 5.96 Å². The fourth-order valence-electron chi connectivity index (χ4n) is 4.17. The molecular weight excluding hydrogens is 356 g/mol. The summed E-state index contributed by atoms with van der Waals surface area (Å²) in [6.45, 7) is 9.21. The molecule has 1 N–H and O–H groups in total. The van der Waals surface area contributed by atoms with Crippen LogP contribution in [-0.2, 0) is 9.47 Å². The minimum Gasteiger partial charge on any atom is -0.465 e. The van der Waals surface area contributed by atoms with E-state index in [0.717, 1.165) is 63.2 Å². The zero-order valence-corrected chi connectivity index (χ0v) is 17.7. The summed E-state index contributed by atoms with van der Waals surface area (Å²) in [5.41, 5.74) is 0. The van der Waals surface area contributed by atoms with Gasteiger partial charge >= 0.3 is 0 Å². The number of aliphatic imine (C=N–C) groups is 1. The normalized spacial score (nSPS) is 22.2. The number of nitrogens with one attached hydrogen (secondary N) is 1. The molecule has 1 aromatic heterocycles. The number of hydrogen-bond donors (Lipinski definition) is 1. The highest BCUT2D eigenvalue weighted by atomic mass is 16.5. The van der Waals surface area contributed by atoms with Crippen LogP contribution in [0.2, 0.25) is 0 Å². The monoisotopic (exact) mass is 392 g/mol. The second-order valence-electron chi connectivity index (χ2n) is 7.80. The average molecular weight is 393 g/mol. The Bertz CT molecular complexity index is 613. The van der Waals surface area contributed by atoms with Crippen LogP contribution in [0.1, 0.15) is 36.8 Å². The van der Waals surface area contributed by atoms with Gasteiger partial charge in [0, 0.05) is 39.7 Å². The standard InChI is InChI=1S/C21H36N4O3/c1-17-6-7-20(28-17)19(24-9-4-5-10-24)14-23-21(22-2)25-11-8-18(15-25)16-27-13-12-26-3/h6-7,18-19H,4-5,8-16H2,1-3H3,(H,22,23). The number of ether oxygens (including phenoxy) is 2. The first-order valence-electron chi connectivity index (χ1n) is 10.5. The third-order valence-electron chi connectivity index (χ3n) is 5.71. The van der Waals surface area contributed by atoms with Crippen molar-refractivity contribution < 1.29 is 13.9 Å². The van der Waals surface area contributed by atoms with E-state index in [0.29, 0.717) is 19.1 Å². The van der Waals surface area contributed by atoms with Gasteiger partial charge in [0.1, 0.15) is 11.5 Å². The van der Waals surface area contributed by atoms with Gasteiger partial charge in [-0.25, -0.2) is 0 Å². The molecule has 0 spiro atoms. The molecule has 28 heavy (non-hydrogen) atoms. The minimum absolute atomic E-state index is 0.253. The van der Waals surface area contributed by atoms with Crippen LogP contribution >= 0.6 is 0 Å². The molecule has 0 saturated carbocycles. The first-order chi connectivity index (χ1) is 13.7. The highest BCUT2D eigenvalue weighted by Crippen LogP contribution is 2.26. The lowest BCUT2D eigenvalue weighted by molar-refractivity contribution is 0.0536. The number of nitrogens with zero attached hydrogens (tertiary/aromatic N) is 3. The van der Waals surface area contributed by atoms with Crippen molar-refractivity contribution in [3.8, 4) is 0 Å². The summed E-state index contributed by atoms with van der Waals surface area (Å²) < 4.78 is 16.7. The van der Waals surface area contributed by atoms with Crippen LogP contribution in [0, 0.1) is 12.8 Å². The quantitative estimate of drug-likeness (QED) is 0.395. The molecule has 0 aliphatic carbocycles. The molecule has 158 valence electrons. The summed E-state index contributed by atoms with van der Waals surface area (Å²) in [4.78, 5) is 9.40. The maximum absolute atomic E-state index is 5.97. The van der Waals surface area contributed by atoms with Gasteiger partial charge in [-0.2, -0.15) is 0 Å². The zero-order chi connectivity index (χ0) is 19.8. The van der Waals surface area contributed by atoms with Gasteiger partial charge in [0.2, 0.25) is 0 Å². The van der Waals surface area contributed by atoms with Crippen molar-refractivity contribution in [3.63, 3.8) is 0 Å². The summed E-state index contributed by atoms with van der Waals surface area (Å²) in [6.07, 6.45) is 3.67. The van der Waals surface area contributed by atoms with Crippen LogP contribution in [-0.4, -0.2) is 82.5 Å². The molecule has 0 radical (unpaired) electrons. The Hall–Kier alpha value is -1.57. The van der Waals surface area contributed by atoms with Crippen molar-refractivity contribution in [2.45, 2.75) is 32.2 Å². The number of likely N-dealkylation sites (tertiary alicyclic amines) is 2. The molecule has 0 bridgehead atoms. The van der Waals surface area contributed by atoms with Crippen LogP contribution in [0.25, 0.3) is 0 Å². The second-order valence-corrected chi connectivity index (χ2v) is 7.80. The zero-order valence-electron chi connectivity index (χ0n) is 17.7. The molecule has 2 saturated heterocycles. The number of methoxy groups -OCH3 is 1. The van der Waals surface area contributed by atoms with Crippen molar-refractivity contribution in [3.05, 3.63) is 23.7 Å². The van der Waals surface area contributed by atoms with Gasteiger partial charge in [0.05, 0.1) is 25.9 Å². The van der Waals surface area contributed by atoms with Crippen molar-refractivity contribution >= 4 is 5.96 Å². The summed E-state index contributed by atoms with van der Waals surface area (Å²) >= 11 is 0. The molecule has 0 amide bonds. The Morgan fingerprint density at radius 1 is 1.29 bits per heavy atom. The molecule has 2 atom stereocenters. The predicted molar refractivity (Wildman–Crippen MR) is 111 cm³/mol. The topological polar surface area (TPSA) is 62.5 Å². The van der Waals surface area contributed by atoms with E-state index < -0.39 is 0 Å². The third-order valence-corrected chi connectivity index (χ3v) is 5.71.